The van der Waals surface area contributed by atoms with E-state index in [-0.39, 0.29) is 11.3 Å². The molecule has 0 bridgehead atoms. The lowest BCUT2D eigenvalue weighted by Crippen LogP contribution is -2.06. The van der Waals surface area contributed by atoms with Crippen LogP contribution in [0.3, 0.4) is 0 Å². The van der Waals surface area contributed by atoms with E-state index in [2.05, 4.69) is 15.0 Å². The normalized spacial score (nSPS) is 11.0. The van der Waals surface area contributed by atoms with E-state index >= 15 is 0 Å². The Labute approximate surface area is 135 Å². The zero-order valence-electron chi connectivity index (χ0n) is 11.7. The molecule has 3 heterocycles. The van der Waals surface area contributed by atoms with Crippen LogP contribution in [0, 0.1) is 0 Å². The molecule has 0 amide bonds. The summed E-state index contributed by atoms with van der Waals surface area (Å²) in [5.74, 6) is 0.133. The summed E-state index contributed by atoms with van der Waals surface area (Å²) in [6.45, 7) is 0. The third-order valence-electron chi connectivity index (χ3n) is 3.38. The van der Waals surface area contributed by atoms with Gasteiger partial charge in [0.2, 0.25) is 0 Å². The number of fused-ring (bicyclic) bond motifs is 1. The first-order valence-corrected chi connectivity index (χ1v) is 7.15. The smallest absolute Gasteiger partial charge is 0.348 e. The van der Waals surface area contributed by atoms with Crippen molar-refractivity contribution in [2.75, 3.05) is 0 Å². The predicted molar refractivity (Wildman–Crippen MR) is 85.6 cm³/mol. The highest BCUT2D eigenvalue weighted by molar-refractivity contribution is 6.35. The summed E-state index contributed by atoms with van der Waals surface area (Å²) >= 11 is 6.05. The van der Waals surface area contributed by atoms with Crippen LogP contribution in [0.1, 0.15) is 0 Å². The summed E-state index contributed by atoms with van der Waals surface area (Å²) in [4.78, 5) is 25.0. The fraction of sp³-hybridized carbons (Fsp3) is 0. The van der Waals surface area contributed by atoms with E-state index in [4.69, 9.17) is 16.0 Å². The summed E-state index contributed by atoms with van der Waals surface area (Å²) in [6.07, 6.45) is 6.67. The van der Waals surface area contributed by atoms with E-state index in [1.54, 1.807) is 53.8 Å². The Morgan fingerprint density at radius 2 is 2.04 bits per heavy atom. The second kappa shape index (κ2) is 5.33. The van der Waals surface area contributed by atoms with E-state index in [1.807, 2.05) is 6.07 Å². The maximum atomic E-state index is 12.3. The average Bonchev–Trinajstić information content (AvgIpc) is 3.09. The van der Waals surface area contributed by atoms with Crippen molar-refractivity contribution in [3.63, 3.8) is 0 Å². The quantitative estimate of drug-likeness (QED) is 0.566. The van der Waals surface area contributed by atoms with E-state index in [1.165, 1.54) is 0 Å². The SMILES string of the molecule is O=c1oc(-c2ncccc2-n2ccnc2)nc2cccc(Cl)c12. The predicted octanol–water partition coefficient (Wildman–Crippen LogP) is 3.09. The monoisotopic (exact) mass is 324 g/mol. The molecule has 0 spiro atoms. The van der Waals surface area contributed by atoms with Gasteiger partial charge >= 0.3 is 5.63 Å². The van der Waals surface area contributed by atoms with Crippen LogP contribution in [0.2, 0.25) is 5.02 Å². The molecule has 112 valence electrons. The Bertz CT molecular complexity index is 1060. The fourth-order valence-corrected chi connectivity index (χ4v) is 2.60. The number of nitrogens with zero attached hydrogens (tertiary/aromatic N) is 4. The third-order valence-corrected chi connectivity index (χ3v) is 3.69. The molecule has 0 atom stereocenters. The van der Waals surface area contributed by atoms with Crippen molar-refractivity contribution in [1.82, 2.24) is 19.5 Å². The Kier molecular flexibility index (Phi) is 3.17. The lowest BCUT2D eigenvalue weighted by Gasteiger charge is -2.08. The molecule has 0 saturated carbocycles. The van der Waals surface area contributed by atoms with Crippen molar-refractivity contribution in [3.8, 4) is 17.3 Å². The topological polar surface area (TPSA) is 73.8 Å². The molecule has 0 fully saturated rings. The molecular weight excluding hydrogens is 316 g/mol. The van der Waals surface area contributed by atoms with E-state index in [0.29, 0.717) is 21.9 Å². The van der Waals surface area contributed by atoms with E-state index < -0.39 is 5.63 Å². The standard InChI is InChI=1S/C16H9ClN4O2/c17-10-3-1-4-11-13(10)16(22)23-15(20-11)14-12(5-2-6-19-14)21-8-7-18-9-21/h1-9H. The van der Waals surface area contributed by atoms with Gasteiger partial charge in [-0.2, -0.15) is 0 Å². The lowest BCUT2D eigenvalue weighted by atomic mass is 10.2. The first-order valence-electron chi connectivity index (χ1n) is 6.77. The Hall–Kier alpha value is -2.99. The molecule has 0 aliphatic rings. The van der Waals surface area contributed by atoms with Crippen LogP contribution in [0.25, 0.3) is 28.2 Å². The first-order chi connectivity index (χ1) is 11.2. The lowest BCUT2D eigenvalue weighted by molar-refractivity contribution is 0.516. The minimum atomic E-state index is -0.544. The van der Waals surface area contributed by atoms with Gasteiger partial charge in [-0.1, -0.05) is 17.7 Å². The molecule has 0 aliphatic carbocycles. The molecule has 4 aromatic rings. The highest BCUT2D eigenvalue weighted by atomic mass is 35.5. The minimum Gasteiger partial charge on any atom is -0.401 e. The van der Waals surface area contributed by atoms with Crippen molar-refractivity contribution >= 4 is 22.5 Å². The van der Waals surface area contributed by atoms with Gasteiger partial charge in [0.15, 0.2) is 0 Å². The molecule has 0 saturated heterocycles. The number of aromatic nitrogens is 4. The fourth-order valence-electron chi connectivity index (χ4n) is 2.35. The number of hydrogen-bond acceptors (Lipinski definition) is 5. The molecular formula is C16H9ClN4O2. The van der Waals surface area contributed by atoms with Crippen LogP contribution in [0.4, 0.5) is 0 Å². The molecule has 0 unspecified atom stereocenters. The molecule has 1 aromatic carbocycles. The van der Waals surface area contributed by atoms with Gasteiger partial charge in [-0.05, 0) is 24.3 Å². The molecule has 23 heavy (non-hydrogen) atoms. The minimum absolute atomic E-state index is 0.133. The van der Waals surface area contributed by atoms with Crippen molar-refractivity contribution in [2.45, 2.75) is 0 Å². The number of imidazole rings is 1. The largest absolute Gasteiger partial charge is 0.401 e. The maximum absolute atomic E-state index is 12.3. The number of hydrogen-bond donors (Lipinski definition) is 0. The van der Waals surface area contributed by atoms with Crippen LogP contribution >= 0.6 is 11.6 Å². The van der Waals surface area contributed by atoms with Crippen molar-refractivity contribution in [2.24, 2.45) is 0 Å². The highest BCUT2D eigenvalue weighted by Gasteiger charge is 2.15. The van der Waals surface area contributed by atoms with Gasteiger partial charge in [0.1, 0.15) is 11.1 Å². The summed E-state index contributed by atoms with van der Waals surface area (Å²) in [7, 11) is 0. The molecule has 6 nitrogen and oxygen atoms in total. The summed E-state index contributed by atoms with van der Waals surface area (Å²) < 4.78 is 7.12. The van der Waals surface area contributed by atoms with E-state index in [9.17, 15) is 4.79 Å². The van der Waals surface area contributed by atoms with Gasteiger partial charge in [-0.25, -0.2) is 19.7 Å². The maximum Gasteiger partial charge on any atom is 0.348 e. The zero-order chi connectivity index (χ0) is 15.8. The first kappa shape index (κ1) is 13.7. The van der Waals surface area contributed by atoms with Crippen LogP contribution in [0.15, 0.2) is 64.5 Å². The molecule has 0 aliphatic heterocycles. The highest BCUT2D eigenvalue weighted by Crippen LogP contribution is 2.25. The number of pyridine rings is 1. The molecule has 0 radical (unpaired) electrons. The number of halogens is 1. The van der Waals surface area contributed by atoms with Gasteiger partial charge in [0.05, 0.1) is 22.6 Å². The van der Waals surface area contributed by atoms with Crippen molar-refractivity contribution < 1.29 is 4.42 Å². The molecule has 4 rings (SSSR count). The van der Waals surface area contributed by atoms with Gasteiger partial charge < -0.3 is 8.98 Å². The number of rotatable bonds is 2. The molecule has 3 aromatic heterocycles. The molecule has 7 heteroatoms. The van der Waals surface area contributed by atoms with Crippen molar-refractivity contribution in [3.05, 3.63) is 70.7 Å². The van der Waals surface area contributed by atoms with Gasteiger partial charge in [0, 0.05) is 18.6 Å². The van der Waals surface area contributed by atoms with Gasteiger partial charge in [0.25, 0.3) is 5.89 Å². The van der Waals surface area contributed by atoms with Crippen LogP contribution < -0.4 is 5.63 Å². The average molecular weight is 325 g/mol. The van der Waals surface area contributed by atoms with Gasteiger partial charge in [-0.3, -0.25) is 0 Å². The summed E-state index contributed by atoms with van der Waals surface area (Å²) in [5.41, 5.74) is 1.08. The van der Waals surface area contributed by atoms with Gasteiger partial charge in [-0.15, -0.1) is 0 Å². The summed E-state index contributed by atoms with van der Waals surface area (Å²) in [6, 6.07) is 8.69. The van der Waals surface area contributed by atoms with Crippen LogP contribution in [-0.4, -0.2) is 19.5 Å². The molecule has 0 N–H and O–H groups in total. The third kappa shape index (κ3) is 2.29. The Balaban J connectivity index is 2.00. The second-order valence-electron chi connectivity index (χ2n) is 4.78. The Morgan fingerprint density at radius 3 is 2.87 bits per heavy atom. The Morgan fingerprint density at radius 1 is 1.13 bits per heavy atom. The zero-order valence-corrected chi connectivity index (χ0v) is 12.4. The second-order valence-corrected chi connectivity index (χ2v) is 5.19. The van der Waals surface area contributed by atoms with E-state index in [0.717, 1.165) is 0 Å². The van der Waals surface area contributed by atoms with Crippen LogP contribution in [-0.2, 0) is 0 Å². The van der Waals surface area contributed by atoms with Crippen molar-refractivity contribution in [1.29, 1.82) is 0 Å². The summed E-state index contributed by atoms with van der Waals surface area (Å²) in [5, 5.41) is 0.573. The number of benzene rings is 1. The van der Waals surface area contributed by atoms with Crippen LogP contribution in [0.5, 0.6) is 0 Å².